The Morgan fingerprint density at radius 2 is 1.88 bits per heavy atom. The van der Waals surface area contributed by atoms with Gasteiger partial charge in [0.15, 0.2) is 0 Å². The van der Waals surface area contributed by atoms with Crippen LogP contribution in [-0.2, 0) is 4.74 Å². The van der Waals surface area contributed by atoms with Crippen molar-refractivity contribution in [3.05, 3.63) is 23.8 Å². The zero-order valence-corrected chi connectivity index (χ0v) is 15.6. The fraction of sp³-hybridized carbons (Fsp3) is 0.800. The van der Waals surface area contributed by atoms with E-state index in [-0.39, 0.29) is 18.6 Å². The van der Waals surface area contributed by atoms with E-state index in [0.29, 0.717) is 25.7 Å². The van der Waals surface area contributed by atoms with Gasteiger partial charge in [0, 0.05) is 0 Å². The van der Waals surface area contributed by atoms with E-state index in [1.54, 1.807) is 0 Å². The van der Waals surface area contributed by atoms with Crippen molar-refractivity contribution in [2.45, 2.75) is 89.1 Å². The van der Waals surface area contributed by atoms with E-state index >= 15 is 0 Å². The summed E-state index contributed by atoms with van der Waals surface area (Å²) in [5.41, 5.74) is -1.27. The lowest BCUT2D eigenvalue weighted by molar-refractivity contribution is -0.210. The zero-order chi connectivity index (χ0) is 18.0. The summed E-state index contributed by atoms with van der Waals surface area (Å²) in [6.07, 6.45) is 9.76. The van der Waals surface area contributed by atoms with Crippen molar-refractivity contribution >= 4 is 0 Å². The van der Waals surface area contributed by atoms with E-state index in [0.717, 1.165) is 18.4 Å². The van der Waals surface area contributed by atoms with Crippen molar-refractivity contribution in [1.82, 2.24) is 0 Å². The molecule has 2 aliphatic rings. The number of ether oxygens (including phenoxy) is 1. The Kier molecular flexibility index (Phi) is 5.96. The van der Waals surface area contributed by atoms with Gasteiger partial charge in [-0.3, -0.25) is 0 Å². The minimum absolute atomic E-state index is 0.0160. The first-order valence-electron chi connectivity index (χ1n) is 9.22. The molecular formula is C20H34O4. The molecule has 1 fully saturated rings. The van der Waals surface area contributed by atoms with Crippen LogP contribution in [0.5, 0.6) is 0 Å². The van der Waals surface area contributed by atoms with E-state index in [1.807, 2.05) is 32.1 Å². The molecule has 0 spiro atoms. The SMILES string of the molecule is CC(C)C12C=CC(C)(O)CCC=C(CO)CCC(O1)C(C)(O)CC2. The van der Waals surface area contributed by atoms with Crippen LogP contribution < -0.4 is 0 Å². The normalized spacial score (nSPS) is 41.5. The number of rotatable bonds is 2. The van der Waals surface area contributed by atoms with E-state index in [9.17, 15) is 15.3 Å². The number of fused-ring (bicyclic) bond motifs is 2. The monoisotopic (exact) mass is 338 g/mol. The Balaban J connectivity index is 2.38. The van der Waals surface area contributed by atoms with Crippen LogP contribution in [0.1, 0.15) is 66.2 Å². The number of aliphatic hydroxyl groups is 3. The maximum absolute atomic E-state index is 10.8. The number of hydrogen-bond acceptors (Lipinski definition) is 4. The highest BCUT2D eigenvalue weighted by Crippen LogP contribution is 2.43. The molecule has 0 aromatic rings. The van der Waals surface area contributed by atoms with Crippen LogP contribution >= 0.6 is 0 Å². The quantitative estimate of drug-likeness (QED) is 0.677. The molecule has 2 bridgehead atoms. The molecule has 2 heterocycles. The summed E-state index contributed by atoms with van der Waals surface area (Å²) in [5.74, 6) is 0.249. The topological polar surface area (TPSA) is 69.9 Å². The van der Waals surface area contributed by atoms with E-state index in [1.165, 1.54) is 0 Å². The Morgan fingerprint density at radius 3 is 2.50 bits per heavy atom. The first-order valence-corrected chi connectivity index (χ1v) is 9.22. The van der Waals surface area contributed by atoms with Crippen LogP contribution in [0, 0.1) is 5.92 Å². The Labute approximate surface area is 146 Å². The minimum atomic E-state index is -0.906. The summed E-state index contributed by atoms with van der Waals surface area (Å²) in [7, 11) is 0. The van der Waals surface area contributed by atoms with Gasteiger partial charge < -0.3 is 20.1 Å². The molecular weight excluding hydrogens is 304 g/mol. The van der Waals surface area contributed by atoms with Crippen molar-refractivity contribution in [3.63, 3.8) is 0 Å². The highest BCUT2D eigenvalue weighted by Gasteiger charge is 2.47. The first kappa shape index (κ1) is 19.6. The molecule has 0 aromatic carbocycles. The molecule has 24 heavy (non-hydrogen) atoms. The molecule has 138 valence electrons. The minimum Gasteiger partial charge on any atom is -0.392 e. The van der Waals surface area contributed by atoms with Crippen LogP contribution in [0.15, 0.2) is 23.8 Å². The lowest BCUT2D eigenvalue weighted by Crippen LogP contribution is -2.55. The van der Waals surface area contributed by atoms with Crippen LogP contribution in [0.2, 0.25) is 0 Å². The van der Waals surface area contributed by atoms with Crippen molar-refractivity contribution in [2.24, 2.45) is 5.92 Å². The molecule has 4 atom stereocenters. The molecule has 0 aromatic heterocycles. The molecule has 4 nitrogen and oxygen atoms in total. The average molecular weight is 338 g/mol. The number of aliphatic hydroxyl groups excluding tert-OH is 1. The van der Waals surface area contributed by atoms with Crippen molar-refractivity contribution < 1.29 is 20.1 Å². The van der Waals surface area contributed by atoms with E-state index < -0.39 is 16.8 Å². The van der Waals surface area contributed by atoms with E-state index in [4.69, 9.17) is 4.74 Å². The highest BCUT2D eigenvalue weighted by molar-refractivity contribution is 5.15. The second kappa shape index (κ2) is 7.28. The number of allylic oxidation sites excluding steroid dienone is 1. The average Bonchev–Trinajstić information content (AvgIpc) is 2.49. The smallest absolute Gasteiger partial charge is 0.0892 e. The second-order valence-electron chi connectivity index (χ2n) is 8.36. The maximum Gasteiger partial charge on any atom is 0.0892 e. The third kappa shape index (κ3) is 4.48. The van der Waals surface area contributed by atoms with Crippen LogP contribution in [0.3, 0.4) is 0 Å². The first-order chi connectivity index (χ1) is 11.1. The fourth-order valence-electron chi connectivity index (χ4n) is 3.70. The largest absolute Gasteiger partial charge is 0.392 e. The summed E-state index contributed by atoms with van der Waals surface area (Å²) in [5, 5.41) is 31.0. The van der Waals surface area contributed by atoms with Crippen LogP contribution in [0.25, 0.3) is 0 Å². The predicted molar refractivity (Wildman–Crippen MR) is 95.7 cm³/mol. The molecule has 4 heteroatoms. The van der Waals surface area contributed by atoms with Gasteiger partial charge >= 0.3 is 0 Å². The van der Waals surface area contributed by atoms with Gasteiger partial charge in [-0.05, 0) is 63.9 Å². The molecule has 0 aliphatic carbocycles. The molecule has 0 saturated carbocycles. The van der Waals surface area contributed by atoms with E-state index in [2.05, 4.69) is 13.8 Å². The predicted octanol–water partition coefficient (Wildman–Crippen LogP) is 3.11. The summed E-state index contributed by atoms with van der Waals surface area (Å²) in [4.78, 5) is 0. The third-order valence-corrected chi connectivity index (χ3v) is 5.79. The fourth-order valence-corrected chi connectivity index (χ4v) is 3.70. The van der Waals surface area contributed by atoms with Gasteiger partial charge in [0.2, 0.25) is 0 Å². The maximum atomic E-state index is 10.8. The molecule has 0 amide bonds. The molecule has 4 unspecified atom stereocenters. The second-order valence-corrected chi connectivity index (χ2v) is 8.36. The van der Waals surface area contributed by atoms with Gasteiger partial charge in [0.25, 0.3) is 0 Å². The van der Waals surface area contributed by atoms with Gasteiger partial charge in [-0.2, -0.15) is 0 Å². The van der Waals surface area contributed by atoms with Gasteiger partial charge in [0.1, 0.15) is 0 Å². The molecule has 2 rings (SSSR count). The van der Waals surface area contributed by atoms with Gasteiger partial charge in [-0.1, -0.05) is 32.1 Å². The summed E-state index contributed by atoms with van der Waals surface area (Å²) >= 11 is 0. The Bertz CT molecular complexity index is 490. The highest BCUT2D eigenvalue weighted by atomic mass is 16.5. The lowest BCUT2D eigenvalue weighted by atomic mass is 9.75. The summed E-state index contributed by atoms with van der Waals surface area (Å²) < 4.78 is 6.45. The summed E-state index contributed by atoms with van der Waals surface area (Å²) in [6, 6.07) is 0. The van der Waals surface area contributed by atoms with Gasteiger partial charge in [0.05, 0.1) is 29.5 Å². The third-order valence-electron chi connectivity index (χ3n) is 5.79. The zero-order valence-electron chi connectivity index (χ0n) is 15.6. The van der Waals surface area contributed by atoms with Crippen LogP contribution in [0.4, 0.5) is 0 Å². The Morgan fingerprint density at radius 1 is 1.17 bits per heavy atom. The number of hydrogen-bond donors (Lipinski definition) is 3. The molecule has 2 aliphatic heterocycles. The molecule has 1 saturated heterocycles. The lowest BCUT2D eigenvalue weighted by Gasteiger charge is -2.49. The van der Waals surface area contributed by atoms with Crippen LogP contribution in [-0.4, -0.2) is 44.8 Å². The van der Waals surface area contributed by atoms with Gasteiger partial charge in [-0.25, -0.2) is 0 Å². The molecule has 0 radical (unpaired) electrons. The van der Waals surface area contributed by atoms with Crippen molar-refractivity contribution in [2.75, 3.05) is 6.61 Å². The molecule has 3 N–H and O–H groups in total. The van der Waals surface area contributed by atoms with Gasteiger partial charge in [-0.15, -0.1) is 0 Å². The standard InChI is InChI=1S/C20H34O4/c1-15(2)20-12-10-18(3,22)9-5-6-16(14-21)7-8-17(24-20)19(4,23)11-13-20/h6,10,12,15,17,21-23H,5,7-9,11,13-14H2,1-4H3. The van der Waals surface area contributed by atoms with Crippen molar-refractivity contribution in [1.29, 1.82) is 0 Å². The Hall–Kier alpha value is -0.680. The van der Waals surface area contributed by atoms with Crippen molar-refractivity contribution in [3.8, 4) is 0 Å². The summed E-state index contributed by atoms with van der Waals surface area (Å²) in [6.45, 7) is 7.92.